The van der Waals surface area contributed by atoms with Gasteiger partial charge in [0.15, 0.2) is 0 Å². The van der Waals surface area contributed by atoms with Crippen molar-refractivity contribution in [1.29, 1.82) is 0 Å². The maximum absolute atomic E-state index is 13.4. The summed E-state index contributed by atoms with van der Waals surface area (Å²) in [4.78, 5) is 0. The van der Waals surface area contributed by atoms with Gasteiger partial charge in [0.1, 0.15) is 11.6 Å². The molecular weight excluding hydrogens is 291 g/mol. The maximum atomic E-state index is 13.4. The van der Waals surface area contributed by atoms with Gasteiger partial charge in [-0.1, -0.05) is 35.3 Å². The van der Waals surface area contributed by atoms with Crippen LogP contribution in [0.2, 0.25) is 10.0 Å². The molecule has 0 saturated carbocycles. The average molecular weight is 302 g/mol. The van der Waals surface area contributed by atoms with Crippen LogP contribution in [0.3, 0.4) is 0 Å². The summed E-state index contributed by atoms with van der Waals surface area (Å²) in [6.07, 6.45) is 0. The molecule has 1 nitrogen and oxygen atoms in total. The maximum Gasteiger partial charge on any atom is 0.130 e. The average Bonchev–Trinajstić information content (AvgIpc) is 2.34. The normalized spacial score (nSPS) is 10.7. The molecule has 0 amide bonds. The molecule has 0 aliphatic heterocycles. The van der Waals surface area contributed by atoms with Crippen LogP contribution in [0.15, 0.2) is 36.4 Å². The first-order valence-electron chi connectivity index (χ1n) is 5.65. The SMILES string of the molecule is Fc1ccc(CNCc2ccc(Cl)cc2Cl)c(F)c1. The van der Waals surface area contributed by atoms with Crippen molar-refractivity contribution in [2.24, 2.45) is 0 Å². The summed E-state index contributed by atoms with van der Waals surface area (Å²) in [5.74, 6) is -1.14. The second kappa shape index (κ2) is 6.33. The van der Waals surface area contributed by atoms with Crippen LogP contribution >= 0.6 is 23.2 Å². The Labute approximate surface area is 120 Å². The molecule has 0 radical (unpaired) electrons. The summed E-state index contributed by atoms with van der Waals surface area (Å²) in [5, 5.41) is 4.17. The minimum Gasteiger partial charge on any atom is -0.308 e. The van der Waals surface area contributed by atoms with E-state index in [9.17, 15) is 8.78 Å². The monoisotopic (exact) mass is 301 g/mol. The van der Waals surface area contributed by atoms with Gasteiger partial charge in [0.05, 0.1) is 0 Å². The molecule has 2 rings (SSSR count). The highest BCUT2D eigenvalue weighted by atomic mass is 35.5. The van der Waals surface area contributed by atoms with Gasteiger partial charge in [-0.3, -0.25) is 0 Å². The number of nitrogens with one attached hydrogen (secondary N) is 1. The first-order chi connectivity index (χ1) is 9.06. The largest absolute Gasteiger partial charge is 0.308 e. The summed E-state index contributed by atoms with van der Waals surface area (Å²) in [6, 6.07) is 8.71. The molecule has 5 heteroatoms. The number of rotatable bonds is 4. The van der Waals surface area contributed by atoms with Gasteiger partial charge < -0.3 is 5.32 Å². The van der Waals surface area contributed by atoms with E-state index in [1.54, 1.807) is 18.2 Å². The summed E-state index contributed by atoms with van der Waals surface area (Å²) >= 11 is 11.8. The Morgan fingerprint density at radius 3 is 2.26 bits per heavy atom. The van der Waals surface area contributed by atoms with Crippen LogP contribution in [0, 0.1) is 11.6 Å². The van der Waals surface area contributed by atoms with Crippen LogP contribution in [0.5, 0.6) is 0 Å². The quantitative estimate of drug-likeness (QED) is 0.873. The van der Waals surface area contributed by atoms with Gasteiger partial charge in [0.25, 0.3) is 0 Å². The van der Waals surface area contributed by atoms with E-state index >= 15 is 0 Å². The predicted molar refractivity (Wildman–Crippen MR) is 73.4 cm³/mol. The van der Waals surface area contributed by atoms with Gasteiger partial charge >= 0.3 is 0 Å². The number of hydrogen-bond donors (Lipinski definition) is 1. The van der Waals surface area contributed by atoms with E-state index in [1.807, 2.05) is 0 Å². The Morgan fingerprint density at radius 1 is 0.895 bits per heavy atom. The van der Waals surface area contributed by atoms with E-state index in [1.165, 1.54) is 12.1 Å². The molecule has 0 spiro atoms. The smallest absolute Gasteiger partial charge is 0.130 e. The fraction of sp³-hybridized carbons (Fsp3) is 0.143. The van der Waals surface area contributed by atoms with Crippen LogP contribution in [0.1, 0.15) is 11.1 Å². The second-order valence-corrected chi connectivity index (χ2v) is 4.92. The van der Waals surface area contributed by atoms with E-state index in [2.05, 4.69) is 5.32 Å². The zero-order chi connectivity index (χ0) is 13.8. The van der Waals surface area contributed by atoms with Gasteiger partial charge in [-0.2, -0.15) is 0 Å². The molecule has 0 bridgehead atoms. The Hall–Kier alpha value is -1.16. The van der Waals surface area contributed by atoms with Crippen LogP contribution in [-0.4, -0.2) is 0 Å². The van der Waals surface area contributed by atoms with Gasteiger partial charge in [0.2, 0.25) is 0 Å². The van der Waals surface area contributed by atoms with E-state index in [0.717, 1.165) is 11.6 Å². The molecule has 0 atom stereocenters. The second-order valence-electron chi connectivity index (χ2n) is 4.08. The molecule has 100 valence electrons. The van der Waals surface area contributed by atoms with E-state index in [4.69, 9.17) is 23.2 Å². The molecule has 0 aromatic heterocycles. The topological polar surface area (TPSA) is 12.0 Å². The summed E-state index contributed by atoms with van der Waals surface area (Å²) in [7, 11) is 0. The van der Waals surface area contributed by atoms with Crippen LogP contribution in [0.25, 0.3) is 0 Å². The summed E-state index contributed by atoms with van der Waals surface area (Å²) in [6.45, 7) is 0.776. The van der Waals surface area contributed by atoms with Gasteiger partial charge in [-0.15, -0.1) is 0 Å². The molecule has 2 aromatic carbocycles. The Bertz CT molecular complexity index is 536. The molecule has 0 aliphatic rings. The molecule has 0 heterocycles. The van der Waals surface area contributed by atoms with Crippen molar-refractivity contribution in [1.82, 2.24) is 5.32 Å². The number of hydrogen-bond acceptors (Lipinski definition) is 1. The van der Waals surface area contributed by atoms with Gasteiger partial charge in [0, 0.05) is 34.8 Å². The molecule has 0 saturated heterocycles. The predicted octanol–water partition coefficient (Wildman–Crippen LogP) is 4.56. The standard InChI is InChI=1S/C14H11Cl2F2N/c15-11-3-1-9(13(16)5-11)7-19-8-10-2-4-12(17)6-14(10)18/h1-6,19H,7-8H2. The molecule has 0 fully saturated rings. The van der Waals surface area contributed by atoms with Crippen molar-refractivity contribution in [2.45, 2.75) is 13.1 Å². The molecular formula is C14H11Cl2F2N. The van der Waals surface area contributed by atoms with Crippen molar-refractivity contribution in [2.75, 3.05) is 0 Å². The highest BCUT2D eigenvalue weighted by molar-refractivity contribution is 6.35. The lowest BCUT2D eigenvalue weighted by Gasteiger charge is -2.08. The molecule has 19 heavy (non-hydrogen) atoms. The molecule has 0 unspecified atom stereocenters. The fourth-order valence-corrected chi connectivity index (χ4v) is 2.14. The van der Waals surface area contributed by atoms with Crippen molar-refractivity contribution in [3.8, 4) is 0 Å². The van der Waals surface area contributed by atoms with E-state index in [0.29, 0.717) is 28.7 Å². The van der Waals surface area contributed by atoms with Gasteiger partial charge in [-0.25, -0.2) is 8.78 Å². The Balaban J connectivity index is 1.96. The third-order valence-electron chi connectivity index (χ3n) is 2.66. The lowest BCUT2D eigenvalue weighted by Crippen LogP contribution is -2.14. The zero-order valence-corrected chi connectivity index (χ0v) is 11.4. The molecule has 0 aliphatic carbocycles. The summed E-state index contributed by atoms with van der Waals surface area (Å²) < 4.78 is 26.1. The van der Waals surface area contributed by atoms with Crippen LogP contribution in [-0.2, 0) is 13.1 Å². The first kappa shape index (κ1) is 14.3. The van der Waals surface area contributed by atoms with Crippen molar-refractivity contribution < 1.29 is 8.78 Å². The van der Waals surface area contributed by atoms with Crippen LogP contribution in [0.4, 0.5) is 8.78 Å². The third kappa shape index (κ3) is 3.90. The first-order valence-corrected chi connectivity index (χ1v) is 6.40. The minimum atomic E-state index is -0.581. The van der Waals surface area contributed by atoms with Gasteiger partial charge in [-0.05, 0) is 23.8 Å². The Morgan fingerprint density at radius 2 is 1.58 bits per heavy atom. The van der Waals surface area contributed by atoms with Crippen molar-refractivity contribution >= 4 is 23.2 Å². The summed E-state index contributed by atoms with van der Waals surface area (Å²) in [5.41, 5.74) is 1.28. The van der Waals surface area contributed by atoms with E-state index in [-0.39, 0.29) is 0 Å². The molecule has 1 N–H and O–H groups in total. The highest BCUT2D eigenvalue weighted by Crippen LogP contribution is 2.20. The lowest BCUT2D eigenvalue weighted by atomic mass is 10.2. The number of halogens is 4. The Kier molecular flexibility index (Phi) is 4.75. The molecule has 2 aromatic rings. The zero-order valence-electron chi connectivity index (χ0n) is 9.89. The van der Waals surface area contributed by atoms with E-state index < -0.39 is 11.6 Å². The minimum absolute atomic E-state index is 0.297. The third-order valence-corrected chi connectivity index (χ3v) is 3.25. The highest BCUT2D eigenvalue weighted by Gasteiger charge is 2.05. The fourth-order valence-electron chi connectivity index (χ4n) is 1.66. The van der Waals surface area contributed by atoms with Crippen LogP contribution < -0.4 is 5.32 Å². The van der Waals surface area contributed by atoms with Crippen molar-refractivity contribution in [3.63, 3.8) is 0 Å². The number of benzene rings is 2. The lowest BCUT2D eigenvalue weighted by molar-refractivity contribution is 0.560. The van der Waals surface area contributed by atoms with Crippen molar-refractivity contribution in [3.05, 3.63) is 69.2 Å².